The molecule has 22 heavy (non-hydrogen) atoms. The Labute approximate surface area is 125 Å². The van der Waals surface area contributed by atoms with Gasteiger partial charge in [0.05, 0.1) is 12.0 Å². The highest BCUT2D eigenvalue weighted by atomic mass is 16.6. The summed E-state index contributed by atoms with van der Waals surface area (Å²) in [6.07, 6.45) is 3.54. The van der Waals surface area contributed by atoms with Crippen LogP contribution in [-0.4, -0.2) is 17.0 Å². The average Bonchev–Trinajstić information content (AvgIpc) is 2.95. The molecule has 0 aliphatic heterocycles. The second kappa shape index (κ2) is 5.69. The van der Waals surface area contributed by atoms with Crippen LogP contribution in [0.4, 0.5) is 5.69 Å². The molecule has 0 saturated heterocycles. The zero-order chi connectivity index (χ0) is 15.5. The summed E-state index contributed by atoms with van der Waals surface area (Å²) in [4.78, 5) is 14.5. The summed E-state index contributed by atoms with van der Waals surface area (Å²) in [7, 11) is 1.61. The van der Waals surface area contributed by atoms with Gasteiger partial charge in [-0.15, -0.1) is 0 Å². The van der Waals surface area contributed by atoms with Gasteiger partial charge in [-0.25, -0.2) is 4.98 Å². The molecule has 3 aromatic rings. The maximum Gasteiger partial charge on any atom is 0.271 e. The first kappa shape index (κ1) is 13.8. The van der Waals surface area contributed by atoms with E-state index < -0.39 is 4.92 Å². The molecule has 3 rings (SSSR count). The standard InChI is InChI=1S/C16H12N2O4/c1-21-13-4-2-3-11(9-13)5-8-16-17-14-10-12(18(19)20)6-7-15(14)22-16/h2-10H,1H3/b8-5+. The lowest BCUT2D eigenvalue weighted by Gasteiger charge is -1.99. The van der Waals surface area contributed by atoms with Crippen LogP contribution in [0.2, 0.25) is 0 Å². The molecular formula is C16H12N2O4. The van der Waals surface area contributed by atoms with Crippen LogP contribution in [0.25, 0.3) is 23.3 Å². The van der Waals surface area contributed by atoms with E-state index in [0.29, 0.717) is 17.0 Å². The monoisotopic (exact) mass is 296 g/mol. The number of benzene rings is 2. The maximum atomic E-state index is 10.7. The minimum absolute atomic E-state index is 0.0101. The van der Waals surface area contributed by atoms with Gasteiger partial charge in [0.25, 0.3) is 5.69 Å². The number of nitro groups is 1. The molecule has 6 nitrogen and oxygen atoms in total. The van der Waals surface area contributed by atoms with Crippen molar-refractivity contribution in [1.29, 1.82) is 0 Å². The van der Waals surface area contributed by atoms with Gasteiger partial charge in [0, 0.05) is 18.2 Å². The number of methoxy groups -OCH3 is 1. The van der Waals surface area contributed by atoms with Gasteiger partial charge in [-0.2, -0.15) is 0 Å². The molecule has 0 amide bonds. The molecule has 0 radical (unpaired) electrons. The third kappa shape index (κ3) is 2.80. The van der Waals surface area contributed by atoms with Gasteiger partial charge in [0.15, 0.2) is 5.58 Å². The molecule has 1 aromatic heterocycles. The van der Waals surface area contributed by atoms with Crippen LogP contribution in [0.1, 0.15) is 11.5 Å². The van der Waals surface area contributed by atoms with E-state index >= 15 is 0 Å². The summed E-state index contributed by atoms with van der Waals surface area (Å²) in [5.41, 5.74) is 1.90. The zero-order valence-electron chi connectivity index (χ0n) is 11.7. The second-order valence-corrected chi connectivity index (χ2v) is 4.57. The van der Waals surface area contributed by atoms with E-state index in [2.05, 4.69) is 4.98 Å². The van der Waals surface area contributed by atoms with Crippen LogP contribution in [-0.2, 0) is 0 Å². The highest BCUT2D eigenvalue weighted by Crippen LogP contribution is 2.22. The Kier molecular flexibility index (Phi) is 3.57. The van der Waals surface area contributed by atoms with Crippen molar-refractivity contribution >= 4 is 28.9 Å². The minimum atomic E-state index is -0.458. The number of non-ortho nitro benzene ring substituents is 1. The number of aromatic nitrogens is 1. The highest BCUT2D eigenvalue weighted by molar-refractivity contribution is 5.78. The van der Waals surface area contributed by atoms with Crippen molar-refractivity contribution in [2.45, 2.75) is 0 Å². The van der Waals surface area contributed by atoms with Crippen molar-refractivity contribution in [2.75, 3.05) is 7.11 Å². The lowest BCUT2D eigenvalue weighted by Crippen LogP contribution is -1.86. The Morgan fingerprint density at radius 2 is 2.09 bits per heavy atom. The topological polar surface area (TPSA) is 78.4 Å². The van der Waals surface area contributed by atoms with Crippen LogP contribution in [0.5, 0.6) is 5.75 Å². The summed E-state index contributed by atoms with van der Waals surface area (Å²) in [5, 5.41) is 10.7. The van der Waals surface area contributed by atoms with Crippen LogP contribution >= 0.6 is 0 Å². The predicted molar refractivity (Wildman–Crippen MR) is 82.6 cm³/mol. The fraction of sp³-hybridized carbons (Fsp3) is 0.0625. The Bertz CT molecular complexity index is 867. The first-order chi connectivity index (χ1) is 10.7. The van der Waals surface area contributed by atoms with Crippen molar-refractivity contribution in [2.24, 2.45) is 0 Å². The smallest absolute Gasteiger partial charge is 0.271 e. The molecule has 0 spiro atoms. The molecule has 0 saturated carbocycles. The van der Waals surface area contributed by atoms with Crippen LogP contribution in [0.15, 0.2) is 46.9 Å². The molecule has 0 aliphatic carbocycles. The normalized spacial score (nSPS) is 11.1. The molecule has 6 heteroatoms. The molecule has 110 valence electrons. The molecule has 0 unspecified atom stereocenters. The van der Waals surface area contributed by atoms with Gasteiger partial charge in [-0.05, 0) is 29.8 Å². The molecule has 0 aliphatic rings. The SMILES string of the molecule is COc1cccc(/C=C/c2nc3cc([N+](=O)[O-])ccc3o2)c1. The van der Waals surface area contributed by atoms with Crippen LogP contribution < -0.4 is 4.74 Å². The van der Waals surface area contributed by atoms with Gasteiger partial charge < -0.3 is 9.15 Å². The number of oxazole rings is 1. The number of hydrogen-bond donors (Lipinski definition) is 0. The van der Waals surface area contributed by atoms with Gasteiger partial charge >= 0.3 is 0 Å². The average molecular weight is 296 g/mol. The van der Waals surface area contributed by atoms with E-state index in [-0.39, 0.29) is 5.69 Å². The summed E-state index contributed by atoms with van der Waals surface area (Å²) < 4.78 is 10.7. The lowest BCUT2D eigenvalue weighted by atomic mass is 10.2. The molecule has 0 N–H and O–H groups in total. The van der Waals surface area contributed by atoms with E-state index in [9.17, 15) is 10.1 Å². The Morgan fingerprint density at radius 1 is 1.23 bits per heavy atom. The third-order valence-electron chi connectivity index (χ3n) is 3.11. The van der Waals surface area contributed by atoms with Crippen molar-refractivity contribution in [3.8, 4) is 5.75 Å². The van der Waals surface area contributed by atoms with Crippen LogP contribution in [0.3, 0.4) is 0 Å². The van der Waals surface area contributed by atoms with E-state index in [4.69, 9.17) is 9.15 Å². The zero-order valence-corrected chi connectivity index (χ0v) is 11.7. The fourth-order valence-corrected chi connectivity index (χ4v) is 2.03. The summed E-state index contributed by atoms with van der Waals surface area (Å²) in [6, 6.07) is 11.9. The van der Waals surface area contributed by atoms with Gasteiger partial charge in [-0.3, -0.25) is 10.1 Å². The molecule has 0 atom stereocenters. The number of ether oxygens (including phenoxy) is 1. The number of nitro benzene ring substituents is 1. The van der Waals surface area contributed by atoms with Crippen LogP contribution in [0, 0.1) is 10.1 Å². The van der Waals surface area contributed by atoms with E-state index in [1.165, 1.54) is 12.1 Å². The fourth-order valence-electron chi connectivity index (χ4n) is 2.03. The largest absolute Gasteiger partial charge is 0.497 e. The van der Waals surface area contributed by atoms with Crippen molar-refractivity contribution in [3.05, 3.63) is 64.0 Å². The summed E-state index contributed by atoms with van der Waals surface area (Å²) >= 11 is 0. The maximum absolute atomic E-state index is 10.7. The predicted octanol–water partition coefficient (Wildman–Crippen LogP) is 3.92. The second-order valence-electron chi connectivity index (χ2n) is 4.57. The van der Waals surface area contributed by atoms with E-state index in [1.54, 1.807) is 19.3 Å². The summed E-state index contributed by atoms with van der Waals surface area (Å²) in [5.74, 6) is 1.15. The molecular weight excluding hydrogens is 284 g/mol. The van der Waals surface area contributed by atoms with E-state index in [0.717, 1.165) is 11.3 Å². The molecule has 0 bridgehead atoms. The Hall–Kier alpha value is -3.15. The molecule has 0 fully saturated rings. The van der Waals surface area contributed by atoms with Crippen molar-refractivity contribution in [1.82, 2.24) is 4.98 Å². The summed E-state index contributed by atoms with van der Waals surface area (Å²) in [6.45, 7) is 0. The number of rotatable bonds is 4. The van der Waals surface area contributed by atoms with Crippen molar-refractivity contribution in [3.63, 3.8) is 0 Å². The lowest BCUT2D eigenvalue weighted by molar-refractivity contribution is -0.384. The first-order valence-electron chi connectivity index (χ1n) is 6.53. The molecule has 1 heterocycles. The van der Waals surface area contributed by atoms with E-state index in [1.807, 2.05) is 30.3 Å². The minimum Gasteiger partial charge on any atom is -0.497 e. The first-order valence-corrected chi connectivity index (χ1v) is 6.53. The van der Waals surface area contributed by atoms with Gasteiger partial charge in [0.2, 0.25) is 5.89 Å². The Morgan fingerprint density at radius 3 is 2.86 bits per heavy atom. The van der Waals surface area contributed by atoms with Gasteiger partial charge in [-0.1, -0.05) is 12.1 Å². The molecule has 2 aromatic carbocycles. The van der Waals surface area contributed by atoms with Gasteiger partial charge in [0.1, 0.15) is 11.3 Å². The third-order valence-corrected chi connectivity index (χ3v) is 3.11. The number of fused-ring (bicyclic) bond motifs is 1. The Balaban J connectivity index is 1.90. The number of nitrogens with zero attached hydrogens (tertiary/aromatic N) is 2. The van der Waals surface area contributed by atoms with Crippen molar-refractivity contribution < 1.29 is 14.1 Å². The highest BCUT2D eigenvalue weighted by Gasteiger charge is 2.10. The quantitative estimate of drug-likeness (QED) is 0.538. The number of hydrogen-bond acceptors (Lipinski definition) is 5.